The second kappa shape index (κ2) is 3.58. The molecule has 0 aromatic carbocycles. The summed E-state index contributed by atoms with van der Waals surface area (Å²) in [7, 11) is 0. The van der Waals surface area contributed by atoms with Crippen LogP contribution < -0.4 is 11.2 Å². The molecule has 0 atom stereocenters. The Balaban J connectivity index is 0.000000360. The van der Waals surface area contributed by atoms with E-state index in [9.17, 15) is 0 Å². The van der Waals surface area contributed by atoms with Crippen molar-refractivity contribution in [2.24, 2.45) is 5.84 Å². The number of hydrogen-bond donors (Lipinski definition) is 2. The van der Waals surface area contributed by atoms with Crippen molar-refractivity contribution >= 4 is 0 Å². The van der Waals surface area contributed by atoms with Gasteiger partial charge in [-0.15, -0.1) is 0 Å². The molecule has 3 N–H and O–H groups in total. The van der Waals surface area contributed by atoms with E-state index in [1.54, 1.807) is 5.01 Å². The van der Waals surface area contributed by atoms with Crippen LogP contribution in [0.5, 0.6) is 0 Å². The normalized spacial score (nSPS) is 21.9. The minimum atomic E-state index is 0. The van der Waals surface area contributed by atoms with Crippen LogP contribution in [0.4, 0.5) is 0 Å². The molecule has 1 aliphatic heterocycles. The van der Waals surface area contributed by atoms with Crippen LogP contribution in [-0.2, 0) is 21.7 Å². The number of rotatable bonds is 0. The zero-order chi connectivity index (χ0) is 4.41. The van der Waals surface area contributed by atoms with E-state index in [2.05, 4.69) is 5.32 Å². The summed E-state index contributed by atoms with van der Waals surface area (Å²) in [4.78, 5) is 0. The molecule has 4 heteroatoms. The number of nitrogens with one attached hydrogen (secondary N) is 1. The Morgan fingerprint density at radius 3 is 2.43 bits per heavy atom. The molecule has 40 valence electrons. The van der Waals surface area contributed by atoms with E-state index in [0.29, 0.717) is 0 Å². The van der Waals surface area contributed by atoms with Gasteiger partial charge in [0.1, 0.15) is 0 Å². The number of nitrogens with zero attached hydrogens (tertiary/aromatic N) is 1. The Labute approximate surface area is 58.1 Å². The van der Waals surface area contributed by atoms with Gasteiger partial charge in [0.25, 0.3) is 0 Å². The molecule has 1 rings (SSSR count). The molecule has 0 unspecified atom stereocenters. The van der Waals surface area contributed by atoms with Gasteiger partial charge in [-0.3, -0.25) is 5.84 Å². The largest absolute Gasteiger partial charge is 0.302 e. The maximum Gasteiger partial charge on any atom is 0.0619 e. The van der Waals surface area contributed by atoms with E-state index in [0.717, 1.165) is 19.8 Å². The van der Waals surface area contributed by atoms with Crippen molar-refractivity contribution in [2.75, 3.05) is 19.8 Å². The Morgan fingerprint density at radius 1 is 1.57 bits per heavy atom. The summed E-state index contributed by atoms with van der Waals surface area (Å²) in [6.07, 6.45) is 0. The minimum Gasteiger partial charge on any atom is -0.302 e. The quantitative estimate of drug-likeness (QED) is 0.321. The first-order chi connectivity index (χ1) is 2.89. The molecule has 1 heterocycles. The third kappa shape index (κ3) is 2.41. The molecule has 1 fully saturated rings. The van der Waals surface area contributed by atoms with Gasteiger partial charge in [0.15, 0.2) is 0 Å². The van der Waals surface area contributed by atoms with Crippen molar-refractivity contribution in [2.45, 2.75) is 0 Å². The fraction of sp³-hybridized carbons (Fsp3) is 1.00. The summed E-state index contributed by atoms with van der Waals surface area (Å²) in [5.41, 5.74) is 0. The van der Waals surface area contributed by atoms with Crippen LogP contribution in [0, 0.1) is 0 Å². The number of hydrogen-bond acceptors (Lipinski definition) is 3. The van der Waals surface area contributed by atoms with E-state index in [-0.39, 0.29) is 21.7 Å². The maximum atomic E-state index is 5.31. The van der Waals surface area contributed by atoms with Crippen LogP contribution in [0.1, 0.15) is 0 Å². The smallest absolute Gasteiger partial charge is 0.0619 e. The van der Waals surface area contributed by atoms with Crippen molar-refractivity contribution in [3.8, 4) is 0 Å². The van der Waals surface area contributed by atoms with Crippen molar-refractivity contribution in [1.29, 1.82) is 0 Å². The van der Waals surface area contributed by atoms with E-state index in [1.165, 1.54) is 0 Å². The Morgan fingerprint density at radius 2 is 2.29 bits per heavy atom. The molecule has 0 aromatic heterocycles. The molecule has 7 heavy (non-hydrogen) atoms. The summed E-state index contributed by atoms with van der Waals surface area (Å²) in [5, 5.41) is 4.82. The molecular weight excluding hydrogens is 126 g/mol. The standard InChI is InChI=1S/C3H9N3.Ti/c4-6-2-1-5-3-6;/h5H,1-4H2;. The molecular formula is C3H9N3Ti. The SMILES string of the molecule is NN1CCNC1.[Ti]. The summed E-state index contributed by atoms with van der Waals surface area (Å²) >= 11 is 0. The van der Waals surface area contributed by atoms with Gasteiger partial charge in [0.2, 0.25) is 0 Å². The fourth-order valence-corrected chi connectivity index (χ4v) is 0.524. The Hall–Kier alpha value is 0.594. The fourth-order valence-electron chi connectivity index (χ4n) is 0.524. The molecule has 0 spiro atoms. The van der Waals surface area contributed by atoms with Crippen molar-refractivity contribution < 1.29 is 21.7 Å². The van der Waals surface area contributed by atoms with E-state index < -0.39 is 0 Å². The first kappa shape index (κ1) is 7.59. The summed E-state index contributed by atoms with van der Waals surface area (Å²) in [6.45, 7) is 2.87. The molecule has 0 saturated carbocycles. The minimum absolute atomic E-state index is 0. The summed E-state index contributed by atoms with van der Waals surface area (Å²) in [6, 6.07) is 0. The third-order valence-corrected chi connectivity index (χ3v) is 0.891. The molecule has 0 aromatic rings. The zero-order valence-corrected chi connectivity index (χ0v) is 5.71. The van der Waals surface area contributed by atoms with Gasteiger partial charge in [-0.05, 0) is 0 Å². The molecule has 0 bridgehead atoms. The second-order valence-corrected chi connectivity index (χ2v) is 1.47. The predicted octanol–water partition coefficient (Wildman–Crippen LogP) is -1.28. The van der Waals surface area contributed by atoms with Gasteiger partial charge in [-0.1, -0.05) is 0 Å². The van der Waals surface area contributed by atoms with Crippen molar-refractivity contribution in [3.63, 3.8) is 0 Å². The van der Waals surface area contributed by atoms with E-state index >= 15 is 0 Å². The Kier molecular flexibility index (Phi) is 3.88. The maximum absolute atomic E-state index is 5.31. The van der Waals surface area contributed by atoms with Gasteiger partial charge in [-0.2, -0.15) is 0 Å². The molecule has 1 aliphatic rings. The van der Waals surface area contributed by atoms with Crippen molar-refractivity contribution in [1.82, 2.24) is 10.3 Å². The first-order valence-electron chi connectivity index (χ1n) is 2.10. The van der Waals surface area contributed by atoms with Gasteiger partial charge in [-0.25, -0.2) is 5.01 Å². The van der Waals surface area contributed by atoms with E-state index in [1.807, 2.05) is 0 Å². The average molecular weight is 135 g/mol. The number of hydrazine groups is 1. The van der Waals surface area contributed by atoms with E-state index in [4.69, 9.17) is 5.84 Å². The summed E-state index contributed by atoms with van der Waals surface area (Å²) < 4.78 is 0. The van der Waals surface area contributed by atoms with Crippen LogP contribution >= 0.6 is 0 Å². The first-order valence-corrected chi connectivity index (χ1v) is 2.10. The molecule has 3 nitrogen and oxygen atoms in total. The van der Waals surface area contributed by atoms with Crippen LogP contribution in [0.25, 0.3) is 0 Å². The van der Waals surface area contributed by atoms with Crippen molar-refractivity contribution in [3.05, 3.63) is 0 Å². The van der Waals surface area contributed by atoms with Gasteiger partial charge >= 0.3 is 0 Å². The van der Waals surface area contributed by atoms with Crippen LogP contribution in [0.3, 0.4) is 0 Å². The topological polar surface area (TPSA) is 41.3 Å². The predicted molar refractivity (Wildman–Crippen MR) is 23.8 cm³/mol. The van der Waals surface area contributed by atoms with Crippen LogP contribution in [0.2, 0.25) is 0 Å². The van der Waals surface area contributed by atoms with Gasteiger partial charge < -0.3 is 5.32 Å². The van der Waals surface area contributed by atoms with Gasteiger partial charge in [0, 0.05) is 34.8 Å². The average Bonchev–Trinajstić information content (AvgIpc) is 1.86. The molecule has 1 saturated heterocycles. The number of nitrogens with two attached hydrogens (primary N) is 1. The molecule has 0 amide bonds. The summed E-state index contributed by atoms with van der Waals surface area (Å²) in [5.74, 6) is 5.31. The second-order valence-electron chi connectivity index (χ2n) is 1.47. The Bertz CT molecular complexity index is 43.4. The van der Waals surface area contributed by atoms with Crippen LogP contribution in [-0.4, -0.2) is 24.8 Å². The molecule has 0 radical (unpaired) electrons. The zero-order valence-electron chi connectivity index (χ0n) is 4.15. The van der Waals surface area contributed by atoms with Gasteiger partial charge in [0.05, 0.1) is 6.67 Å². The van der Waals surface area contributed by atoms with Crippen LogP contribution in [0.15, 0.2) is 0 Å². The monoisotopic (exact) mass is 135 g/mol. The molecule has 0 aliphatic carbocycles. The third-order valence-electron chi connectivity index (χ3n) is 0.891.